The summed E-state index contributed by atoms with van der Waals surface area (Å²) in [6.45, 7) is -3.21. The van der Waals surface area contributed by atoms with E-state index in [1.165, 1.54) is 24.3 Å². The van der Waals surface area contributed by atoms with Crippen molar-refractivity contribution < 1.29 is 20.1 Å². The molecule has 118 valence electrons. The maximum Gasteiger partial charge on any atom is 0.176 e. The van der Waals surface area contributed by atoms with Gasteiger partial charge in [0.05, 0.1) is 13.2 Å². The topological polar surface area (TPSA) is 60.2 Å². The largest absolute Gasteiger partial charge is 0.357 e. The molecule has 0 aliphatic rings. The number of nitrogens with zero attached hydrogens (tertiary/aromatic N) is 1. The van der Waals surface area contributed by atoms with Gasteiger partial charge in [0.2, 0.25) is 0 Å². The summed E-state index contributed by atoms with van der Waals surface area (Å²) in [5, 5.41) is 3.82. The summed E-state index contributed by atoms with van der Waals surface area (Å²) in [5.74, 6) is -0.527. The predicted octanol–water partition coefficient (Wildman–Crippen LogP) is 3.88. The fourth-order valence-electron chi connectivity index (χ4n) is 2.28. The highest BCUT2D eigenvalue weighted by Gasteiger charge is 2.19. The molecule has 0 aliphatic carbocycles. The zero-order chi connectivity index (χ0) is 18.2. The Morgan fingerprint density at radius 1 is 1.09 bits per heavy atom. The summed E-state index contributed by atoms with van der Waals surface area (Å²) in [4.78, 5) is 0.141. The van der Waals surface area contributed by atoms with Crippen molar-refractivity contribution in [2.75, 3.05) is 6.26 Å². The summed E-state index contributed by atoms with van der Waals surface area (Å²) < 4.78 is 56.7. The quantitative estimate of drug-likeness (QED) is 0.727. The van der Waals surface area contributed by atoms with Gasteiger partial charge in [0.15, 0.2) is 22.2 Å². The molecule has 1 aromatic heterocycles. The van der Waals surface area contributed by atoms with Crippen molar-refractivity contribution >= 4 is 9.84 Å². The van der Waals surface area contributed by atoms with Gasteiger partial charge in [-0.15, -0.1) is 0 Å². The van der Waals surface area contributed by atoms with E-state index in [1.54, 1.807) is 30.3 Å². The van der Waals surface area contributed by atoms with Crippen LogP contribution in [0.15, 0.2) is 64.0 Å². The molecule has 0 aliphatic heterocycles. The van der Waals surface area contributed by atoms with Crippen LogP contribution in [0.2, 0.25) is 0 Å². The monoisotopic (exact) mass is 332 g/mol. The van der Waals surface area contributed by atoms with Gasteiger partial charge in [-0.2, -0.15) is 0 Å². The first-order valence-electron chi connectivity index (χ1n) is 7.73. The van der Waals surface area contributed by atoms with Crippen LogP contribution in [0.4, 0.5) is 4.39 Å². The molecule has 0 fully saturated rings. The second kappa shape index (κ2) is 5.96. The predicted molar refractivity (Wildman–Crippen MR) is 85.3 cm³/mol. The summed E-state index contributed by atoms with van der Waals surface area (Å²) in [6.07, 6.45) is 1.10. The van der Waals surface area contributed by atoms with Crippen LogP contribution in [-0.2, 0) is 16.5 Å². The number of sulfone groups is 1. The van der Waals surface area contributed by atoms with Crippen molar-refractivity contribution in [3.63, 3.8) is 0 Å². The summed E-state index contributed by atoms with van der Waals surface area (Å²) in [6, 6.07) is 14.5. The Balaban J connectivity index is 2.19. The van der Waals surface area contributed by atoms with Gasteiger partial charge in [0, 0.05) is 11.8 Å². The molecular formula is C17H14FNO3S. The smallest absolute Gasteiger partial charge is 0.176 e. The molecule has 6 heteroatoms. The van der Waals surface area contributed by atoms with E-state index in [0.29, 0.717) is 11.1 Å². The van der Waals surface area contributed by atoms with E-state index in [2.05, 4.69) is 5.16 Å². The zero-order valence-electron chi connectivity index (χ0n) is 14.2. The fourth-order valence-corrected chi connectivity index (χ4v) is 2.91. The molecule has 0 saturated carbocycles. The van der Waals surface area contributed by atoms with Gasteiger partial charge in [0.1, 0.15) is 5.69 Å². The lowest BCUT2D eigenvalue weighted by Gasteiger charge is -2.04. The summed E-state index contributed by atoms with van der Waals surface area (Å²) in [5.41, 5.74) is 1.47. The highest BCUT2D eigenvalue weighted by atomic mass is 32.2. The molecule has 2 aromatic carbocycles. The van der Waals surface area contributed by atoms with Gasteiger partial charge in [-0.1, -0.05) is 47.6 Å². The van der Waals surface area contributed by atoms with Crippen LogP contribution in [0.3, 0.4) is 0 Å². The third kappa shape index (κ3) is 3.03. The van der Waals surface area contributed by atoms with Gasteiger partial charge >= 0.3 is 0 Å². The SMILES string of the molecule is [2H]C([2H])([18F])c1onc(-c2ccc(S(C)(=O)=O)cc2)c1-c1ccccc1. The maximum absolute atomic E-state index is 13.9. The number of halogens is 1. The molecule has 3 rings (SSSR count). The van der Waals surface area contributed by atoms with E-state index in [-0.39, 0.29) is 16.2 Å². The van der Waals surface area contributed by atoms with Crippen molar-refractivity contribution in [1.82, 2.24) is 5.16 Å². The summed E-state index contributed by atoms with van der Waals surface area (Å²) >= 11 is 0. The average Bonchev–Trinajstić information content (AvgIpc) is 3.00. The van der Waals surface area contributed by atoms with Crippen molar-refractivity contribution in [3.8, 4) is 22.4 Å². The second-order valence-electron chi connectivity index (χ2n) is 4.99. The minimum Gasteiger partial charge on any atom is -0.357 e. The third-order valence-corrected chi connectivity index (χ3v) is 4.52. The van der Waals surface area contributed by atoms with Gasteiger partial charge in [-0.3, -0.25) is 0 Å². The number of aromatic nitrogens is 1. The van der Waals surface area contributed by atoms with Crippen molar-refractivity contribution in [2.45, 2.75) is 11.5 Å². The van der Waals surface area contributed by atoms with Crippen LogP contribution in [0.1, 0.15) is 8.50 Å². The molecule has 4 nitrogen and oxygen atoms in total. The number of rotatable bonds is 4. The van der Waals surface area contributed by atoms with Crippen LogP contribution in [-0.4, -0.2) is 19.8 Å². The van der Waals surface area contributed by atoms with E-state index >= 15 is 0 Å². The van der Waals surface area contributed by atoms with Gasteiger partial charge < -0.3 is 4.52 Å². The zero-order valence-corrected chi connectivity index (χ0v) is 13.0. The standard InChI is InChI=1S/C17H14FNO3S/c1-23(20,21)14-9-7-13(8-10-14)17-16(15(11-18)22-19-17)12-5-3-2-4-6-12/h2-10H,11H2,1H3/i11D2,18-1. The molecule has 0 N–H and O–H groups in total. The summed E-state index contributed by atoms with van der Waals surface area (Å²) in [7, 11) is -3.35. The number of hydrogen-bond acceptors (Lipinski definition) is 4. The lowest BCUT2D eigenvalue weighted by molar-refractivity contribution is 0.332. The van der Waals surface area contributed by atoms with Crippen molar-refractivity contribution in [2.24, 2.45) is 0 Å². The minimum atomic E-state index is -3.35. The molecule has 0 amide bonds. The van der Waals surface area contributed by atoms with Crippen molar-refractivity contribution in [3.05, 3.63) is 60.4 Å². The average molecular weight is 332 g/mol. The van der Waals surface area contributed by atoms with Crippen LogP contribution in [0.25, 0.3) is 22.4 Å². The van der Waals surface area contributed by atoms with Crippen molar-refractivity contribution in [1.29, 1.82) is 0 Å². The Morgan fingerprint density at radius 2 is 1.74 bits per heavy atom. The normalized spacial score (nSPS) is 13.5. The van der Waals surface area contributed by atoms with Gasteiger partial charge in [-0.25, -0.2) is 12.8 Å². The number of alkyl halides is 1. The Morgan fingerprint density at radius 3 is 2.30 bits per heavy atom. The molecule has 0 spiro atoms. The lowest BCUT2D eigenvalue weighted by Crippen LogP contribution is -1.96. The van der Waals surface area contributed by atoms with E-state index in [9.17, 15) is 12.8 Å². The minimum absolute atomic E-state index is 0.141. The van der Waals surface area contributed by atoms with E-state index in [4.69, 9.17) is 7.26 Å². The fraction of sp³-hybridized carbons (Fsp3) is 0.118. The molecule has 23 heavy (non-hydrogen) atoms. The molecule has 0 radical (unpaired) electrons. The van der Waals surface area contributed by atoms with E-state index in [1.807, 2.05) is 0 Å². The lowest BCUT2D eigenvalue weighted by atomic mass is 9.99. The molecule has 1 heterocycles. The van der Waals surface area contributed by atoms with Gasteiger partial charge in [-0.05, 0) is 17.7 Å². The first kappa shape index (κ1) is 13.0. The second-order valence-corrected chi connectivity index (χ2v) is 7.01. The van der Waals surface area contributed by atoms with E-state index in [0.717, 1.165) is 6.26 Å². The first-order valence-corrected chi connectivity index (χ1v) is 8.62. The Kier molecular flexibility index (Phi) is 3.37. The molecule has 3 aromatic rings. The van der Waals surface area contributed by atoms with E-state index < -0.39 is 22.2 Å². The molecule has 0 atom stereocenters. The van der Waals surface area contributed by atoms with Crippen LogP contribution in [0, 0.1) is 0 Å². The molecule has 0 bridgehead atoms. The number of hydrogen-bond donors (Lipinski definition) is 0. The highest BCUT2D eigenvalue weighted by Crippen LogP contribution is 2.35. The molecular weight excluding hydrogens is 316 g/mol. The van der Waals surface area contributed by atoms with Crippen LogP contribution in [0.5, 0.6) is 0 Å². The number of benzene rings is 2. The highest BCUT2D eigenvalue weighted by molar-refractivity contribution is 7.90. The molecule has 0 saturated heterocycles. The Hall–Kier alpha value is -2.47. The molecule has 0 unspecified atom stereocenters. The maximum atomic E-state index is 13.9. The first-order chi connectivity index (χ1) is 11.7. The Bertz CT molecular complexity index is 995. The Labute approximate surface area is 136 Å². The van der Waals surface area contributed by atoms with Crippen LogP contribution >= 0.6 is 0 Å². The van der Waals surface area contributed by atoms with Gasteiger partial charge in [0.25, 0.3) is 0 Å². The third-order valence-electron chi connectivity index (χ3n) is 3.40. The van der Waals surface area contributed by atoms with Crippen LogP contribution < -0.4 is 0 Å².